The summed E-state index contributed by atoms with van der Waals surface area (Å²) in [6, 6.07) is 10.9. The Labute approximate surface area is 104 Å². The Bertz CT molecular complexity index is 633. The van der Waals surface area contributed by atoms with Crippen LogP contribution in [0.15, 0.2) is 53.4 Å². The Hall–Kier alpha value is -2.21. The van der Waals surface area contributed by atoms with Crippen molar-refractivity contribution in [3.05, 3.63) is 48.5 Å². The lowest BCUT2D eigenvalue weighted by molar-refractivity contribution is 0.474. The SMILES string of the molecule is O=S(=O)(Nc1ccc(O)cc1)c1ccc(O)cc1. The van der Waals surface area contributed by atoms with Gasteiger partial charge in [-0.25, -0.2) is 8.42 Å². The average molecular weight is 265 g/mol. The van der Waals surface area contributed by atoms with Gasteiger partial charge in [-0.05, 0) is 48.5 Å². The summed E-state index contributed by atoms with van der Waals surface area (Å²) in [6.45, 7) is 0. The van der Waals surface area contributed by atoms with E-state index in [-0.39, 0.29) is 16.4 Å². The van der Waals surface area contributed by atoms with E-state index in [4.69, 9.17) is 10.2 Å². The fourth-order valence-corrected chi connectivity index (χ4v) is 2.43. The first-order valence-electron chi connectivity index (χ1n) is 5.08. The molecule has 18 heavy (non-hydrogen) atoms. The van der Waals surface area contributed by atoms with Crippen molar-refractivity contribution in [3.8, 4) is 11.5 Å². The minimum atomic E-state index is -3.69. The van der Waals surface area contributed by atoms with Gasteiger partial charge < -0.3 is 10.2 Å². The Balaban J connectivity index is 2.27. The fraction of sp³-hybridized carbons (Fsp3) is 0. The van der Waals surface area contributed by atoms with Crippen LogP contribution >= 0.6 is 0 Å². The van der Waals surface area contributed by atoms with Crippen molar-refractivity contribution in [3.63, 3.8) is 0 Å². The van der Waals surface area contributed by atoms with Crippen LogP contribution in [0.2, 0.25) is 0 Å². The van der Waals surface area contributed by atoms with Gasteiger partial charge in [0, 0.05) is 5.69 Å². The fourth-order valence-electron chi connectivity index (χ4n) is 1.37. The van der Waals surface area contributed by atoms with Gasteiger partial charge in [-0.3, -0.25) is 4.72 Å². The van der Waals surface area contributed by atoms with Crippen LogP contribution < -0.4 is 4.72 Å². The lowest BCUT2D eigenvalue weighted by Gasteiger charge is -2.08. The molecule has 0 bridgehead atoms. The summed E-state index contributed by atoms with van der Waals surface area (Å²) in [4.78, 5) is 0.0494. The van der Waals surface area contributed by atoms with Gasteiger partial charge in [0.25, 0.3) is 10.0 Å². The second-order valence-electron chi connectivity index (χ2n) is 3.65. The van der Waals surface area contributed by atoms with Crippen LogP contribution in [0.25, 0.3) is 0 Å². The summed E-state index contributed by atoms with van der Waals surface area (Å²) in [5, 5.41) is 18.2. The molecule has 5 nitrogen and oxygen atoms in total. The number of aromatic hydroxyl groups is 2. The first-order valence-corrected chi connectivity index (χ1v) is 6.56. The summed E-state index contributed by atoms with van der Waals surface area (Å²) < 4.78 is 26.2. The number of rotatable bonds is 3. The van der Waals surface area contributed by atoms with E-state index in [9.17, 15) is 8.42 Å². The average Bonchev–Trinajstić information content (AvgIpc) is 2.32. The van der Waals surface area contributed by atoms with Gasteiger partial charge in [0.15, 0.2) is 0 Å². The molecule has 2 aromatic rings. The van der Waals surface area contributed by atoms with E-state index in [2.05, 4.69) is 4.72 Å². The molecule has 0 aromatic heterocycles. The molecule has 0 aliphatic heterocycles. The van der Waals surface area contributed by atoms with Gasteiger partial charge in [-0.1, -0.05) is 0 Å². The molecule has 0 unspecified atom stereocenters. The van der Waals surface area contributed by atoms with Crippen molar-refractivity contribution in [1.82, 2.24) is 0 Å². The van der Waals surface area contributed by atoms with Gasteiger partial charge >= 0.3 is 0 Å². The van der Waals surface area contributed by atoms with E-state index >= 15 is 0 Å². The number of phenolic OH excluding ortho intramolecular Hbond substituents is 2. The van der Waals surface area contributed by atoms with Crippen LogP contribution in [0.5, 0.6) is 11.5 Å². The molecule has 0 heterocycles. The van der Waals surface area contributed by atoms with E-state index in [0.717, 1.165) is 0 Å². The largest absolute Gasteiger partial charge is 0.508 e. The van der Waals surface area contributed by atoms with Crippen LogP contribution in [0, 0.1) is 0 Å². The first-order chi connectivity index (χ1) is 8.47. The van der Waals surface area contributed by atoms with Crippen LogP contribution in [0.1, 0.15) is 0 Å². The summed E-state index contributed by atoms with van der Waals surface area (Å²) in [7, 11) is -3.69. The highest BCUT2D eigenvalue weighted by molar-refractivity contribution is 7.92. The van der Waals surface area contributed by atoms with E-state index in [1.165, 1.54) is 48.5 Å². The standard InChI is InChI=1S/C12H11NO4S/c14-10-3-1-9(2-4-10)13-18(16,17)12-7-5-11(15)6-8-12/h1-8,13-15H. The van der Waals surface area contributed by atoms with Gasteiger partial charge in [0.2, 0.25) is 0 Å². The molecular formula is C12H11NO4S. The van der Waals surface area contributed by atoms with Gasteiger partial charge in [-0.15, -0.1) is 0 Å². The second-order valence-corrected chi connectivity index (χ2v) is 5.33. The number of nitrogens with one attached hydrogen (secondary N) is 1. The molecule has 0 amide bonds. The van der Waals surface area contributed by atoms with Crippen molar-refractivity contribution in [2.24, 2.45) is 0 Å². The predicted octanol–water partition coefficient (Wildman–Crippen LogP) is 1.90. The van der Waals surface area contributed by atoms with E-state index < -0.39 is 10.0 Å². The molecule has 0 radical (unpaired) electrons. The predicted molar refractivity (Wildman–Crippen MR) is 67.0 cm³/mol. The molecule has 6 heteroatoms. The lowest BCUT2D eigenvalue weighted by Crippen LogP contribution is -2.12. The number of hydrogen-bond donors (Lipinski definition) is 3. The number of benzene rings is 2. The summed E-state index contributed by atoms with van der Waals surface area (Å²) in [6.07, 6.45) is 0. The van der Waals surface area contributed by atoms with Crippen molar-refractivity contribution in [2.45, 2.75) is 4.90 Å². The molecule has 94 valence electrons. The summed E-state index contributed by atoms with van der Waals surface area (Å²) in [5.74, 6) is 0.0566. The lowest BCUT2D eigenvalue weighted by atomic mass is 10.3. The molecule has 0 spiro atoms. The van der Waals surface area contributed by atoms with Crippen LogP contribution in [0.3, 0.4) is 0 Å². The maximum atomic E-state index is 11.9. The number of anilines is 1. The van der Waals surface area contributed by atoms with E-state index in [1.54, 1.807) is 0 Å². The van der Waals surface area contributed by atoms with Gasteiger partial charge in [-0.2, -0.15) is 0 Å². The Kier molecular flexibility index (Phi) is 3.12. The monoisotopic (exact) mass is 265 g/mol. The molecule has 0 saturated carbocycles. The normalized spacial score (nSPS) is 11.1. The maximum absolute atomic E-state index is 11.9. The highest BCUT2D eigenvalue weighted by Crippen LogP contribution is 2.20. The highest BCUT2D eigenvalue weighted by atomic mass is 32.2. The molecule has 0 aliphatic rings. The minimum absolute atomic E-state index is 0.00131. The van der Waals surface area contributed by atoms with Gasteiger partial charge in [0.05, 0.1) is 4.90 Å². The van der Waals surface area contributed by atoms with Crippen molar-refractivity contribution in [1.29, 1.82) is 0 Å². The molecule has 0 fully saturated rings. The molecule has 0 aliphatic carbocycles. The van der Waals surface area contributed by atoms with E-state index in [0.29, 0.717) is 5.69 Å². The quantitative estimate of drug-likeness (QED) is 0.740. The Morgan fingerprint density at radius 3 is 1.72 bits per heavy atom. The third kappa shape index (κ3) is 2.72. The highest BCUT2D eigenvalue weighted by Gasteiger charge is 2.13. The zero-order valence-electron chi connectivity index (χ0n) is 9.24. The van der Waals surface area contributed by atoms with Crippen molar-refractivity contribution >= 4 is 15.7 Å². The molecule has 0 atom stereocenters. The van der Waals surface area contributed by atoms with Crippen LogP contribution in [-0.2, 0) is 10.0 Å². The van der Waals surface area contributed by atoms with E-state index in [1.807, 2.05) is 0 Å². The summed E-state index contributed by atoms with van der Waals surface area (Å²) >= 11 is 0. The second kappa shape index (κ2) is 4.58. The van der Waals surface area contributed by atoms with Crippen LogP contribution in [0.4, 0.5) is 5.69 Å². The summed E-state index contributed by atoms with van der Waals surface area (Å²) in [5.41, 5.74) is 0.348. The molecule has 3 N–H and O–H groups in total. The smallest absolute Gasteiger partial charge is 0.261 e. The Morgan fingerprint density at radius 1 is 0.778 bits per heavy atom. The zero-order chi connectivity index (χ0) is 13.2. The third-order valence-corrected chi connectivity index (χ3v) is 3.66. The zero-order valence-corrected chi connectivity index (χ0v) is 10.1. The van der Waals surface area contributed by atoms with Crippen molar-refractivity contribution < 1.29 is 18.6 Å². The van der Waals surface area contributed by atoms with Gasteiger partial charge in [0.1, 0.15) is 11.5 Å². The topological polar surface area (TPSA) is 86.6 Å². The Morgan fingerprint density at radius 2 is 1.22 bits per heavy atom. The minimum Gasteiger partial charge on any atom is -0.508 e. The molecule has 2 aromatic carbocycles. The number of sulfonamides is 1. The molecule has 0 saturated heterocycles. The van der Waals surface area contributed by atoms with Crippen molar-refractivity contribution in [2.75, 3.05) is 4.72 Å². The third-order valence-electron chi connectivity index (χ3n) is 2.27. The number of hydrogen-bond acceptors (Lipinski definition) is 4. The maximum Gasteiger partial charge on any atom is 0.261 e. The first kappa shape index (κ1) is 12.3. The van der Waals surface area contributed by atoms with Crippen LogP contribution in [-0.4, -0.2) is 18.6 Å². The molecular weight excluding hydrogens is 254 g/mol. The molecule has 2 rings (SSSR count). The number of phenols is 2.